The predicted molar refractivity (Wildman–Crippen MR) is 131 cm³/mol. The summed E-state index contributed by atoms with van der Waals surface area (Å²) in [5.41, 5.74) is 0.929. The zero-order chi connectivity index (χ0) is 20.3. The molecule has 2 heterocycles. The molecule has 0 aliphatic carbocycles. The average Bonchev–Trinajstić information content (AvgIpc) is 3.46. The fraction of sp³-hybridized carbons (Fsp3) is 0.500. The van der Waals surface area contributed by atoms with Gasteiger partial charge in [-0.25, -0.2) is 0 Å². The molecule has 0 saturated carbocycles. The van der Waals surface area contributed by atoms with Crippen molar-refractivity contribution in [3.8, 4) is 5.75 Å². The Labute approximate surface area is 196 Å². The number of nitrogens with zero attached hydrogens (tertiary/aromatic N) is 2. The molecule has 8 heteroatoms. The first-order chi connectivity index (χ1) is 14.3. The van der Waals surface area contributed by atoms with E-state index in [9.17, 15) is 0 Å². The minimum Gasteiger partial charge on any atom is -0.493 e. The Morgan fingerprint density at radius 1 is 1.20 bits per heavy atom. The van der Waals surface area contributed by atoms with Crippen molar-refractivity contribution >= 4 is 35.6 Å². The molecule has 1 aromatic carbocycles. The van der Waals surface area contributed by atoms with Crippen LogP contribution >= 0.6 is 24.0 Å². The second kappa shape index (κ2) is 13.5. The van der Waals surface area contributed by atoms with Gasteiger partial charge in [-0.1, -0.05) is 6.07 Å². The van der Waals surface area contributed by atoms with Crippen LogP contribution in [0.2, 0.25) is 0 Å². The molecule has 1 aliphatic heterocycles. The van der Waals surface area contributed by atoms with E-state index >= 15 is 0 Å². The quantitative estimate of drug-likeness (QED) is 0.209. The van der Waals surface area contributed by atoms with Gasteiger partial charge in [0.05, 0.1) is 18.9 Å². The second-order valence-corrected chi connectivity index (χ2v) is 7.08. The van der Waals surface area contributed by atoms with Crippen molar-refractivity contribution in [2.75, 3.05) is 52.3 Å². The molecule has 30 heavy (non-hydrogen) atoms. The predicted octanol–water partition coefficient (Wildman–Crippen LogP) is 4.14. The molecule has 7 nitrogen and oxygen atoms in total. The summed E-state index contributed by atoms with van der Waals surface area (Å²) >= 11 is 0. The van der Waals surface area contributed by atoms with Crippen LogP contribution in [0.3, 0.4) is 0 Å². The first-order valence-electron chi connectivity index (χ1n) is 10.3. The van der Waals surface area contributed by atoms with Crippen molar-refractivity contribution < 1.29 is 13.9 Å². The molecule has 1 unspecified atom stereocenters. The molecule has 0 amide bonds. The zero-order valence-electron chi connectivity index (χ0n) is 17.8. The van der Waals surface area contributed by atoms with E-state index in [2.05, 4.69) is 20.5 Å². The van der Waals surface area contributed by atoms with Crippen molar-refractivity contribution in [3.05, 3.63) is 48.4 Å². The highest BCUT2D eigenvalue weighted by atomic mass is 127. The normalized spacial score (nSPS) is 15.5. The van der Waals surface area contributed by atoms with Gasteiger partial charge in [-0.15, -0.1) is 24.0 Å². The highest BCUT2D eigenvalue weighted by Crippen LogP contribution is 2.25. The van der Waals surface area contributed by atoms with Gasteiger partial charge in [0.25, 0.3) is 0 Å². The van der Waals surface area contributed by atoms with Crippen LogP contribution in [0.15, 0.2) is 52.1 Å². The lowest BCUT2D eigenvalue weighted by molar-refractivity contribution is 0.172. The number of rotatable bonds is 10. The smallest absolute Gasteiger partial charge is 0.195 e. The Morgan fingerprint density at radius 2 is 2.03 bits per heavy atom. The topological polar surface area (TPSA) is 71.3 Å². The number of guanidine groups is 1. The van der Waals surface area contributed by atoms with Gasteiger partial charge in [-0.3, -0.25) is 9.89 Å². The van der Waals surface area contributed by atoms with Crippen molar-refractivity contribution in [1.29, 1.82) is 0 Å². The van der Waals surface area contributed by atoms with Gasteiger partial charge < -0.3 is 24.5 Å². The van der Waals surface area contributed by atoms with E-state index in [1.807, 2.05) is 36.4 Å². The van der Waals surface area contributed by atoms with Crippen LogP contribution in [0.5, 0.6) is 5.75 Å². The molecule has 2 aromatic rings. The lowest BCUT2D eigenvalue weighted by Crippen LogP contribution is -2.39. The van der Waals surface area contributed by atoms with Gasteiger partial charge in [0.2, 0.25) is 0 Å². The van der Waals surface area contributed by atoms with Gasteiger partial charge in [-0.05, 0) is 50.2 Å². The molecule has 3 rings (SSSR count). The molecule has 1 aliphatic rings. The van der Waals surface area contributed by atoms with E-state index in [-0.39, 0.29) is 30.0 Å². The van der Waals surface area contributed by atoms with Crippen LogP contribution in [0.1, 0.15) is 31.1 Å². The molecule has 0 spiro atoms. The molecule has 1 atom stereocenters. The van der Waals surface area contributed by atoms with Crippen molar-refractivity contribution in [2.45, 2.75) is 25.3 Å². The summed E-state index contributed by atoms with van der Waals surface area (Å²) in [5.74, 6) is 2.53. The standard InChI is InChI=1S/C22H32N4O3.HI/c1-23-22(25-18-8-5-9-19(16-18)28-15-7-13-27-2)24-17-20(21-10-6-14-29-21)26-11-3-4-12-26;/h5-6,8-10,14,16,20H,3-4,7,11-13,15,17H2,1-2H3,(H2,23,24,25);1H. The minimum absolute atomic E-state index is 0. The van der Waals surface area contributed by atoms with Crippen molar-refractivity contribution in [1.82, 2.24) is 10.2 Å². The summed E-state index contributed by atoms with van der Waals surface area (Å²) in [6, 6.07) is 12.1. The number of hydrogen-bond acceptors (Lipinski definition) is 5. The molecule has 1 aromatic heterocycles. The third-order valence-electron chi connectivity index (χ3n) is 5.00. The van der Waals surface area contributed by atoms with Crippen LogP contribution in [0, 0.1) is 0 Å². The number of furan rings is 1. The monoisotopic (exact) mass is 528 g/mol. The number of halogens is 1. The summed E-state index contributed by atoms with van der Waals surface area (Å²) in [5, 5.41) is 6.79. The lowest BCUT2D eigenvalue weighted by atomic mass is 10.2. The summed E-state index contributed by atoms with van der Waals surface area (Å²) in [6.07, 6.45) is 5.08. The molecule has 1 fully saturated rings. The van der Waals surface area contributed by atoms with Crippen molar-refractivity contribution in [2.24, 2.45) is 4.99 Å². The number of methoxy groups -OCH3 is 1. The fourth-order valence-electron chi connectivity index (χ4n) is 3.51. The van der Waals surface area contributed by atoms with E-state index in [1.54, 1.807) is 20.4 Å². The molecule has 0 radical (unpaired) electrons. The number of nitrogens with one attached hydrogen (secondary N) is 2. The molecule has 1 saturated heterocycles. The third-order valence-corrected chi connectivity index (χ3v) is 5.00. The van der Waals surface area contributed by atoms with Gasteiger partial charge in [-0.2, -0.15) is 0 Å². The van der Waals surface area contributed by atoms with Crippen LogP contribution in [0.4, 0.5) is 5.69 Å². The highest BCUT2D eigenvalue weighted by Gasteiger charge is 2.25. The Morgan fingerprint density at radius 3 is 2.73 bits per heavy atom. The maximum atomic E-state index is 5.78. The van der Waals surface area contributed by atoms with Crippen LogP contribution in [-0.4, -0.2) is 57.9 Å². The number of likely N-dealkylation sites (tertiary alicyclic amines) is 1. The Bertz CT molecular complexity index is 749. The lowest BCUT2D eigenvalue weighted by Gasteiger charge is -2.26. The summed E-state index contributed by atoms with van der Waals surface area (Å²) in [7, 11) is 3.47. The highest BCUT2D eigenvalue weighted by molar-refractivity contribution is 14.0. The Balaban J connectivity index is 0.00000320. The van der Waals surface area contributed by atoms with Gasteiger partial charge >= 0.3 is 0 Å². The van der Waals surface area contributed by atoms with E-state index in [0.717, 1.165) is 49.2 Å². The first-order valence-corrected chi connectivity index (χ1v) is 10.3. The number of anilines is 1. The zero-order valence-corrected chi connectivity index (χ0v) is 20.1. The van der Waals surface area contributed by atoms with Crippen molar-refractivity contribution in [3.63, 3.8) is 0 Å². The number of aliphatic imine (C=N–C) groups is 1. The van der Waals surface area contributed by atoms with Crippen LogP contribution in [-0.2, 0) is 4.74 Å². The Kier molecular flexibility index (Phi) is 11.0. The van der Waals surface area contributed by atoms with Gasteiger partial charge in [0.15, 0.2) is 5.96 Å². The van der Waals surface area contributed by atoms with E-state index in [0.29, 0.717) is 13.2 Å². The van der Waals surface area contributed by atoms with E-state index in [4.69, 9.17) is 13.9 Å². The van der Waals surface area contributed by atoms with E-state index < -0.39 is 0 Å². The molecular weight excluding hydrogens is 495 g/mol. The van der Waals surface area contributed by atoms with Gasteiger partial charge in [0.1, 0.15) is 11.5 Å². The van der Waals surface area contributed by atoms with Gasteiger partial charge in [0, 0.05) is 45.5 Å². The van der Waals surface area contributed by atoms with E-state index in [1.165, 1.54) is 12.8 Å². The first kappa shape index (κ1) is 24.5. The molecular formula is C22H33IN4O3. The number of benzene rings is 1. The second-order valence-electron chi connectivity index (χ2n) is 7.08. The SMILES string of the molecule is CN=C(NCC(c1ccco1)N1CCCC1)Nc1cccc(OCCCOC)c1.I. The molecule has 0 bridgehead atoms. The Hall–Kier alpha value is -1.78. The maximum Gasteiger partial charge on any atom is 0.195 e. The largest absolute Gasteiger partial charge is 0.493 e. The fourth-order valence-corrected chi connectivity index (χ4v) is 3.51. The minimum atomic E-state index is 0. The average molecular weight is 528 g/mol. The summed E-state index contributed by atoms with van der Waals surface area (Å²) < 4.78 is 16.5. The maximum absolute atomic E-state index is 5.78. The number of hydrogen-bond donors (Lipinski definition) is 2. The number of ether oxygens (including phenoxy) is 2. The summed E-state index contributed by atoms with van der Waals surface area (Å²) in [4.78, 5) is 6.83. The third kappa shape index (κ3) is 7.48. The van der Waals surface area contributed by atoms with Crippen LogP contribution < -0.4 is 15.4 Å². The molecule has 2 N–H and O–H groups in total. The molecule has 166 valence electrons. The van der Waals surface area contributed by atoms with Crippen LogP contribution in [0.25, 0.3) is 0 Å². The summed E-state index contributed by atoms with van der Waals surface area (Å²) in [6.45, 7) is 4.25.